The quantitative estimate of drug-likeness (QED) is 0.773. The summed E-state index contributed by atoms with van der Waals surface area (Å²) in [4.78, 5) is 4.72. The van der Waals surface area contributed by atoms with Crippen LogP contribution < -0.4 is 9.47 Å². The van der Waals surface area contributed by atoms with Crippen LogP contribution in [0.5, 0.6) is 11.5 Å². The lowest BCUT2D eigenvalue weighted by Gasteiger charge is -2.30. The average molecular weight is 274 g/mol. The lowest BCUT2D eigenvalue weighted by Crippen LogP contribution is -2.44. The standard InChI is InChI=1S/C16H22N2O2/c1-17-9-11-18(12-10-17)8-3-4-13-20-16-7-5-6-15(14-16)19-2/h5-7,14H,8-13H2,1-2H3. The molecule has 1 saturated heterocycles. The molecular weight excluding hydrogens is 252 g/mol. The van der Waals surface area contributed by atoms with Gasteiger partial charge in [0.15, 0.2) is 0 Å². The van der Waals surface area contributed by atoms with Crippen LogP contribution in [-0.4, -0.2) is 63.3 Å². The van der Waals surface area contributed by atoms with Crippen LogP contribution in [0.4, 0.5) is 0 Å². The van der Waals surface area contributed by atoms with Crippen LogP contribution in [0.2, 0.25) is 0 Å². The number of piperazine rings is 1. The minimum Gasteiger partial charge on any atom is -0.497 e. The van der Waals surface area contributed by atoms with Gasteiger partial charge in [-0.15, -0.1) is 0 Å². The molecule has 0 bridgehead atoms. The molecule has 0 radical (unpaired) electrons. The molecule has 20 heavy (non-hydrogen) atoms. The first-order chi connectivity index (χ1) is 9.78. The van der Waals surface area contributed by atoms with E-state index in [9.17, 15) is 0 Å². The molecule has 0 atom stereocenters. The van der Waals surface area contributed by atoms with Gasteiger partial charge in [0, 0.05) is 32.2 Å². The SMILES string of the molecule is COc1cccc(OCC#CCN2CCN(C)CC2)c1. The minimum absolute atomic E-state index is 0.418. The molecule has 1 aliphatic rings. The van der Waals surface area contributed by atoms with Crippen molar-refractivity contribution in [3.05, 3.63) is 24.3 Å². The normalized spacial score (nSPS) is 16.3. The van der Waals surface area contributed by atoms with Crippen LogP contribution in [0.1, 0.15) is 0 Å². The first-order valence-corrected chi connectivity index (χ1v) is 6.91. The third kappa shape index (κ3) is 4.76. The Labute approximate surface area is 121 Å². The summed E-state index contributed by atoms with van der Waals surface area (Å²) in [6.45, 7) is 5.70. The fourth-order valence-electron chi connectivity index (χ4n) is 2.04. The fourth-order valence-corrected chi connectivity index (χ4v) is 2.04. The van der Waals surface area contributed by atoms with Crippen molar-refractivity contribution >= 4 is 0 Å². The molecule has 0 N–H and O–H groups in total. The van der Waals surface area contributed by atoms with Gasteiger partial charge in [0.1, 0.15) is 18.1 Å². The smallest absolute Gasteiger partial charge is 0.149 e. The summed E-state index contributed by atoms with van der Waals surface area (Å²) in [5, 5.41) is 0. The number of nitrogens with zero attached hydrogens (tertiary/aromatic N) is 2. The van der Waals surface area contributed by atoms with Crippen molar-refractivity contribution in [1.82, 2.24) is 9.80 Å². The molecule has 0 amide bonds. The molecule has 0 saturated carbocycles. The summed E-state index contributed by atoms with van der Waals surface area (Å²) in [5.74, 6) is 7.82. The van der Waals surface area contributed by atoms with Crippen LogP contribution in [0.25, 0.3) is 0 Å². The summed E-state index contributed by atoms with van der Waals surface area (Å²) >= 11 is 0. The van der Waals surface area contributed by atoms with Gasteiger partial charge in [-0.25, -0.2) is 0 Å². The molecule has 1 aromatic carbocycles. The van der Waals surface area contributed by atoms with E-state index in [0.29, 0.717) is 6.61 Å². The maximum atomic E-state index is 5.57. The van der Waals surface area contributed by atoms with Gasteiger partial charge in [0.05, 0.1) is 13.7 Å². The highest BCUT2D eigenvalue weighted by Gasteiger charge is 2.11. The second kappa shape index (κ2) is 7.78. The molecule has 2 rings (SSSR count). The molecule has 1 fully saturated rings. The van der Waals surface area contributed by atoms with Crippen molar-refractivity contribution in [3.8, 4) is 23.3 Å². The molecule has 4 heteroatoms. The third-order valence-electron chi connectivity index (χ3n) is 3.38. The van der Waals surface area contributed by atoms with E-state index in [0.717, 1.165) is 44.2 Å². The van der Waals surface area contributed by atoms with Crippen molar-refractivity contribution in [2.75, 3.05) is 53.5 Å². The Balaban J connectivity index is 1.69. The predicted octanol–water partition coefficient (Wildman–Crippen LogP) is 1.32. The number of hydrogen-bond acceptors (Lipinski definition) is 4. The Bertz CT molecular complexity index is 471. The Morgan fingerprint density at radius 1 is 1.10 bits per heavy atom. The Kier molecular flexibility index (Phi) is 5.72. The number of rotatable bonds is 4. The van der Waals surface area contributed by atoms with E-state index in [4.69, 9.17) is 9.47 Å². The molecule has 1 aromatic rings. The monoisotopic (exact) mass is 274 g/mol. The van der Waals surface area contributed by atoms with Crippen molar-refractivity contribution in [2.24, 2.45) is 0 Å². The molecular formula is C16H22N2O2. The summed E-state index contributed by atoms with van der Waals surface area (Å²) in [6.07, 6.45) is 0. The molecule has 0 unspecified atom stereocenters. The van der Waals surface area contributed by atoms with Gasteiger partial charge in [0.25, 0.3) is 0 Å². The predicted molar refractivity (Wildman–Crippen MR) is 80.2 cm³/mol. The van der Waals surface area contributed by atoms with Gasteiger partial charge in [0.2, 0.25) is 0 Å². The summed E-state index contributed by atoms with van der Waals surface area (Å²) < 4.78 is 10.7. The van der Waals surface area contributed by atoms with Crippen LogP contribution in [-0.2, 0) is 0 Å². The average Bonchev–Trinajstić information content (AvgIpc) is 2.49. The zero-order valence-electron chi connectivity index (χ0n) is 12.3. The minimum atomic E-state index is 0.418. The zero-order valence-corrected chi connectivity index (χ0v) is 12.3. The van der Waals surface area contributed by atoms with E-state index in [1.165, 1.54) is 0 Å². The molecule has 0 aliphatic carbocycles. The van der Waals surface area contributed by atoms with Crippen LogP contribution in [0.15, 0.2) is 24.3 Å². The van der Waals surface area contributed by atoms with Crippen LogP contribution in [0, 0.1) is 11.8 Å². The van der Waals surface area contributed by atoms with Crippen LogP contribution >= 0.6 is 0 Å². The third-order valence-corrected chi connectivity index (χ3v) is 3.38. The van der Waals surface area contributed by atoms with Gasteiger partial charge >= 0.3 is 0 Å². The van der Waals surface area contributed by atoms with E-state index < -0.39 is 0 Å². The largest absolute Gasteiger partial charge is 0.497 e. The van der Waals surface area contributed by atoms with E-state index in [-0.39, 0.29) is 0 Å². The lowest BCUT2D eigenvalue weighted by molar-refractivity contribution is 0.168. The zero-order chi connectivity index (χ0) is 14.2. The molecule has 1 heterocycles. The molecule has 0 spiro atoms. The Morgan fingerprint density at radius 3 is 2.60 bits per heavy atom. The summed E-state index contributed by atoms with van der Waals surface area (Å²) in [5.41, 5.74) is 0. The fraction of sp³-hybridized carbons (Fsp3) is 0.500. The number of hydrogen-bond donors (Lipinski definition) is 0. The number of ether oxygens (including phenoxy) is 2. The van der Waals surface area contributed by atoms with E-state index in [1.54, 1.807) is 7.11 Å². The maximum absolute atomic E-state index is 5.57. The van der Waals surface area contributed by atoms with E-state index in [1.807, 2.05) is 24.3 Å². The number of benzene rings is 1. The lowest BCUT2D eigenvalue weighted by atomic mass is 10.3. The second-order valence-corrected chi connectivity index (χ2v) is 4.90. The van der Waals surface area contributed by atoms with Crippen molar-refractivity contribution in [3.63, 3.8) is 0 Å². The highest BCUT2D eigenvalue weighted by Crippen LogP contribution is 2.18. The van der Waals surface area contributed by atoms with Gasteiger partial charge < -0.3 is 14.4 Å². The number of likely N-dealkylation sites (N-methyl/N-ethyl adjacent to an activating group) is 1. The van der Waals surface area contributed by atoms with Gasteiger partial charge in [-0.3, -0.25) is 4.90 Å². The van der Waals surface area contributed by atoms with Gasteiger partial charge in [-0.1, -0.05) is 17.9 Å². The topological polar surface area (TPSA) is 24.9 Å². The molecule has 108 valence electrons. The van der Waals surface area contributed by atoms with Gasteiger partial charge in [-0.05, 0) is 19.2 Å². The second-order valence-electron chi connectivity index (χ2n) is 4.90. The van der Waals surface area contributed by atoms with E-state index in [2.05, 4.69) is 28.7 Å². The first-order valence-electron chi connectivity index (χ1n) is 6.91. The van der Waals surface area contributed by atoms with Crippen LogP contribution in [0.3, 0.4) is 0 Å². The molecule has 1 aliphatic heterocycles. The Hall–Kier alpha value is -1.70. The van der Waals surface area contributed by atoms with Crippen molar-refractivity contribution in [2.45, 2.75) is 0 Å². The first kappa shape index (κ1) is 14.7. The van der Waals surface area contributed by atoms with Crippen molar-refractivity contribution in [1.29, 1.82) is 0 Å². The summed E-state index contributed by atoms with van der Waals surface area (Å²) in [7, 11) is 3.81. The Morgan fingerprint density at radius 2 is 1.85 bits per heavy atom. The molecule has 0 aromatic heterocycles. The maximum Gasteiger partial charge on any atom is 0.149 e. The van der Waals surface area contributed by atoms with Gasteiger partial charge in [-0.2, -0.15) is 0 Å². The van der Waals surface area contributed by atoms with E-state index >= 15 is 0 Å². The number of methoxy groups -OCH3 is 1. The molecule has 4 nitrogen and oxygen atoms in total. The van der Waals surface area contributed by atoms with Crippen molar-refractivity contribution < 1.29 is 9.47 Å². The highest BCUT2D eigenvalue weighted by atomic mass is 16.5. The highest BCUT2D eigenvalue weighted by molar-refractivity contribution is 5.33. The summed E-state index contributed by atoms with van der Waals surface area (Å²) in [6, 6.07) is 7.57.